The molecule has 1 N–H and O–H groups in total. The van der Waals surface area contributed by atoms with E-state index >= 15 is 0 Å². The van der Waals surface area contributed by atoms with Crippen LogP contribution in [-0.2, 0) is 16.1 Å². The van der Waals surface area contributed by atoms with Gasteiger partial charge in [0.1, 0.15) is 17.5 Å². The molecule has 6 nitrogen and oxygen atoms in total. The summed E-state index contributed by atoms with van der Waals surface area (Å²) in [7, 11) is 1.59. The first-order valence-corrected chi connectivity index (χ1v) is 9.79. The summed E-state index contributed by atoms with van der Waals surface area (Å²) in [5, 5.41) is 3.37. The van der Waals surface area contributed by atoms with Crippen molar-refractivity contribution >= 4 is 23.4 Å². The highest BCUT2D eigenvalue weighted by Gasteiger charge is 2.26. The Bertz CT molecular complexity index is 824. The highest BCUT2D eigenvalue weighted by atomic mass is 35.5. The van der Waals surface area contributed by atoms with Crippen molar-refractivity contribution in [2.45, 2.75) is 39.4 Å². The predicted octanol–water partition coefficient (Wildman–Crippen LogP) is 3.67. The smallest absolute Gasteiger partial charge is 0.261 e. The fourth-order valence-corrected chi connectivity index (χ4v) is 2.88. The lowest BCUT2D eigenvalue weighted by atomic mass is 10.1. The third kappa shape index (κ3) is 6.98. The lowest BCUT2D eigenvalue weighted by Gasteiger charge is -2.29. The zero-order valence-electron chi connectivity index (χ0n) is 17.1. The van der Waals surface area contributed by atoms with Crippen LogP contribution in [0, 0.1) is 0 Å². The van der Waals surface area contributed by atoms with Crippen LogP contribution < -0.4 is 14.8 Å². The van der Waals surface area contributed by atoms with Crippen LogP contribution >= 0.6 is 11.6 Å². The summed E-state index contributed by atoms with van der Waals surface area (Å²) in [6.45, 7) is 5.54. The summed E-state index contributed by atoms with van der Waals surface area (Å²) in [5.41, 5.74) is 0.881. The van der Waals surface area contributed by atoms with E-state index in [1.54, 1.807) is 38.3 Å². The van der Waals surface area contributed by atoms with E-state index in [1.165, 1.54) is 4.90 Å². The highest BCUT2D eigenvalue weighted by molar-refractivity contribution is 6.30. The minimum absolute atomic E-state index is 0.0226. The molecule has 156 valence electrons. The Balaban J connectivity index is 2.15. The first kappa shape index (κ1) is 22.6. The van der Waals surface area contributed by atoms with Crippen molar-refractivity contribution < 1.29 is 19.1 Å². The molecule has 2 amide bonds. The molecule has 2 aromatic rings. The summed E-state index contributed by atoms with van der Waals surface area (Å²) in [5.74, 6) is 0.702. The van der Waals surface area contributed by atoms with E-state index in [-0.39, 0.29) is 31.0 Å². The van der Waals surface area contributed by atoms with Crippen LogP contribution in [0.5, 0.6) is 11.5 Å². The van der Waals surface area contributed by atoms with Crippen LogP contribution in [0.15, 0.2) is 48.5 Å². The molecule has 0 saturated heterocycles. The van der Waals surface area contributed by atoms with Gasteiger partial charge in [-0.15, -0.1) is 0 Å². The van der Waals surface area contributed by atoms with E-state index in [9.17, 15) is 9.59 Å². The number of amides is 2. The monoisotopic (exact) mass is 418 g/mol. The molecule has 0 aromatic heterocycles. The predicted molar refractivity (Wildman–Crippen MR) is 113 cm³/mol. The maximum atomic E-state index is 12.9. The van der Waals surface area contributed by atoms with Crippen LogP contribution in [0.3, 0.4) is 0 Å². The van der Waals surface area contributed by atoms with Gasteiger partial charge in [0.2, 0.25) is 5.91 Å². The van der Waals surface area contributed by atoms with Crippen molar-refractivity contribution in [1.82, 2.24) is 10.2 Å². The molecule has 0 radical (unpaired) electrons. The molecule has 0 aliphatic heterocycles. The number of ether oxygens (including phenoxy) is 2. The number of carbonyl (C=O) groups excluding carboxylic acids is 2. The second kappa shape index (κ2) is 10.7. The SMILES string of the molecule is COc1ccc(CN(C(=O)COc2cccc(Cl)c2)[C@H](C)C(=O)NC(C)C)cc1. The molecule has 0 fully saturated rings. The Morgan fingerprint density at radius 3 is 2.34 bits per heavy atom. The maximum absolute atomic E-state index is 12.9. The number of nitrogens with zero attached hydrogens (tertiary/aromatic N) is 1. The van der Waals surface area contributed by atoms with Gasteiger partial charge in [-0.05, 0) is 56.7 Å². The van der Waals surface area contributed by atoms with Crippen LogP contribution in [0.25, 0.3) is 0 Å². The Labute approximate surface area is 176 Å². The second-order valence-electron chi connectivity index (χ2n) is 6.96. The molecule has 7 heteroatoms. The van der Waals surface area contributed by atoms with Crippen molar-refractivity contribution in [1.29, 1.82) is 0 Å². The van der Waals surface area contributed by atoms with E-state index in [2.05, 4.69) is 5.32 Å². The van der Waals surface area contributed by atoms with Gasteiger partial charge in [-0.25, -0.2) is 0 Å². The van der Waals surface area contributed by atoms with Crippen molar-refractivity contribution in [2.24, 2.45) is 0 Å². The van der Waals surface area contributed by atoms with Crippen LogP contribution in [0.1, 0.15) is 26.3 Å². The normalized spacial score (nSPS) is 11.7. The lowest BCUT2D eigenvalue weighted by Crippen LogP contribution is -2.50. The Morgan fingerprint density at radius 1 is 1.07 bits per heavy atom. The molecule has 29 heavy (non-hydrogen) atoms. The molecule has 0 saturated carbocycles. The topological polar surface area (TPSA) is 67.9 Å². The van der Waals surface area contributed by atoms with Gasteiger partial charge in [0.25, 0.3) is 5.91 Å². The molecule has 0 spiro atoms. The minimum Gasteiger partial charge on any atom is -0.497 e. The fraction of sp³-hybridized carbons (Fsp3) is 0.364. The fourth-order valence-electron chi connectivity index (χ4n) is 2.70. The van der Waals surface area contributed by atoms with Gasteiger partial charge in [-0.1, -0.05) is 29.8 Å². The third-order valence-electron chi connectivity index (χ3n) is 4.27. The summed E-state index contributed by atoms with van der Waals surface area (Å²) in [6, 6.07) is 13.5. The molecule has 0 bridgehead atoms. The first-order valence-electron chi connectivity index (χ1n) is 9.41. The molecule has 0 unspecified atom stereocenters. The minimum atomic E-state index is -0.657. The van der Waals surface area contributed by atoms with Crippen LogP contribution in [0.2, 0.25) is 5.02 Å². The lowest BCUT2D eigenvalue weighted by molar-refractivity contribution is -0.142. The number of benzene rings is 2. The molecular formula is C22H27ClN2O4. The number of rotatable bonds is 9. The van der Waals surface area contributed by atoms with Crippen molar-refractivity contribution in [3.63, 3.8) is 0 Å². The van der Waals surface area contributed by atoms with Gasteiger partial charge in [-0.3, -0.25) is 9.59 Å². The van der Waals surface area contributed by atoms with E-state index in [0.29, 0.717) is 10.8 Å². The van der Waals surface area contributed by atoms with Gasteiger partial charge in [-0.2, -0.15) is 0 Å². The Kier molecular flexibility index (Phi) is 8.34. The summed E-state index contributed by atoms with van der Waals surface area (Å²) in [4.78, 5) is 27.0. The highest BCUT2D eigenvalue weighted by Crippen LogP contribution is 2.18. The Morgan fingerprint density at radius 2 is 1.76 bits per heavy atom. The van der Waals surface area contributed by atoms with E-state index < -0.39 is 6.04 Å². The van der Waals surface area contributed by atoms with Gasteiger partial charge in [0.15, 0.2) is 6.61 Å². The molecule has 2 rings (SSSR count). The Hall–Kier alpha value is -2.73. The zero-order chi connectivity index (χ0) is 21.4. The standard InChI is InChI=1S/C22H27ClN2O4/c1-15(2)24-22(27)16(3)25(13-17-8-10-19(28-4)11-9-17)21(26)14-29-20-7-5-6-18(23)12-20/h5-12,15-16H,13-14H2,1-4H3,(H,24,27)/t16-/m1/s1. The number of halogens is 1. The quantitative estimate of drug-likeness (QED) is 0.674. The van der Waals surface area contributed by atoms with Gasteiger partial charge in [0.05, 0.1) is 7.11 Å². The summed E-state index contributed by atoms with van der Waals surface area (Å²) in [6.07, 6.45) is 0. The van der Waals surface area contributed by atoms with Gasteiger partial charge >= 0.3 is 0 Å². The number of methoxy groups -OCH3 is 1. The molecule has 1 atom stereocenters. The average molecular weight is 419 g/mol. The first-order chi connectivity index (χ1) is 13.8. The van der Waals surface area contributed by atoms with Gasteiger partial charge < -0.3 is 19.7 Å². The summed E-state index contributed by atoms with van der Waals surface area (Å²) < 4.78 is 10.8. The van der Waals surface area contributed by atoms with E-state index in [0.717, 1.165) is 11.3 Å². The molecule has 0 aliphatic carbocycles. The van der Waals surface area contributed by atoms with Gasteiger partial charge in [0, 0.05) is 17.6 Å². The molecular weight excluding hydrogens is 392 g/mol. The third-order valence-corrected chi connectivity index (χ3v) is 4.50. The van der Waals surface area contributed by atoms with Crippen molar-refractivity contribution in [2.75, 3.05) is 13.7 Å². The van der Waals surface area contributed by atoms with E-state index in [1.807, 2.05) is 38.1 Å². The van der Waals surface area contributed by atoms with Crippen molar-refractivity contribution in [3.05, 3.63) is 59.1 Å². The maximum Gasteiger partial charge on any atom is 0.261 e. The average Bonchev–Trinajstić information content (AvgIpc) is 2.69. The van der Waals surface area contributed by atoms with Crippen LogP contribution in [-0.4, -0.2) is 42.5 Å². The molecule has 0 aliphatic rings. The zero-order valence-corrected chi connectivity index (χ0v) is 17.9. The largest absolute Gasteiger partial charge is 0.497 e. The number of carbonyl (C=O) groups is 2. The van der Waals surface area contributed by atoms with Crippen molar-refractivity contribution in [3.8, 4) is 11.5 Å². The van der Waals surface area contributed by atoms with Crippen LogP contribution in [0.4, 0.5) is 0 Å². The number of hydrogen-bond acceptors (Lipinski definition) is 4. The molecule has 0 heterocycles. The number of hydrogen-bond donors (Lipinski definition) is 1. The molecule has 2 aromatic carbocycles. The second-order valence-corrected chi connectivity index (χ2v) is 7.39. The van der Waals surface area contributed by atoms with E-state index in [4.69, 9.17) is 21.1 Å². The number of nitrogens with one attached hydrogen (secondary N) is 1. The summed E-state index contributed by atoms with van der Waals surface area (Å²) >= 11 is 5.96.